The van der Waals surface area contributed by atoms with Crippen LogP contribution in [0.2, 0.25) is 0 Å². The van der Waals surface area contributed by atoms with E-state index in [1.165, 1.54) is 6.07 Å². The lowest BCUT2D eigenvalue weighted by Gasteiger charge is -2.16. The van der Waals surface area contributed by atoms with Gasteiger partial charge in [-0.3, -0.25) is 10.1 Å². The molecular weight excluding hydrogens is 268 g/mol. The predicted molar refractivity (Wildman–Crippen MR) is 82.3 cm³/mol. The molecule has 0 fully saturated rings. The van der Waals surface area contributed by atoms with E-state index < -0.39 is 0 Å². The van der Waals surface area contributed by atoms with Gasteiger partial charge in [0.05, 0.1) is 11.5 Å². The van der Waals surface area contributed by atoms with Crippen molar-refractivity contribution >= 4 is 11.4 Å². The number of nitro benzene ring substituents is 1. The predicted octanol–water partition coefficient (Wildman–Crippen LogP) is 3.91. The molecule has 2 aromatic carbocycles. The third-order valence-corrected chi connectivity index (χ3v) is 3.20. The second-order valence-corrected chi connectivity index (χ2v) is 4.85. The van der Waals surface area contributed by atoms with Crippen molar-refractivity contribution in [3.05, 3.63) is 69.8 Å². The molecule has 0 amide bonds. The van der Waals surface area contributed by atoms with Gasteiger partial charge in [-0.25, -0.2) is 0 Å². The Hall–Kier alpha value is -2.40. The Morgan fingerprint density at radius 2 is 2.00 bits per heavy atom. The molecule has 0 saturated carbocycles. The Labute approximate surface area is 123 Å². The Morgan fingerprint density at radius 1 is 1.24 bits per heavy atom. The van der Waals surface area contributed by atoms with E-state index in [9.17, 15) is 10.1 Å². The van der Waals surface area contributed by atoms with Gasteiger partial charge in [0.2, 0.25) is 0 Å². The highest BCUT2D eigenvalue weighted by atomic mass is 16.6. The van der Waals surface area contributed by atoms with Crippen LogP contribution >= 0.6 is 0 Å². The van der Waals surface area contributed by atoms with Crippen LogP contribution in [0.1, 0.15) is 24.1 Å². The minimum Gasteiger partial charge on any atom is -0.380 e. The van der Waals surface area contributed by atoms with Gasteiger partial charge in [-0.2, -0.15) is 0 Å². The summed E-state index contributed by atoms with van der Waals surface area (Å²) in [6, 6.07) is 14.6. The number of hydrogen-bond acceptors (Lipinski definition) is 4. The molecule has 0 aliphatic carbocycles. The summed E-state index contributed by atoms with van der Waals surface area (Å²) in [4.78, 5) is 10.4. The van der Waals surface area contributed by atoms with Gasteiger partial charge < -0.3 is 10.1 Å². The van der Waals surface area contributed by atoms with Gasteiger partial charge in [-0.05, 0) is 30.2 Å². The Kier molecular flexibility index (Phi) is 4.90. The number of nitrogens with zero attached hydrogens (tertiary/aromatic N) is 1. The molecule has 1 N–H and O–H groups in total. The summed E-state index contributed by atoms with van der Waals surface area (Å²) >= 11 is 0. The first-order chi connectivity index (χ1) is 10.1. The number of nitrogens with one attached hydrogen (secondary N) is 1. The van der Waals surface area contributed by atoms with Gasteiger partial charge >= 0.3 is 0 Å². The van der Waals surface area contributed by atoms with E-state index in [0.29, 0.717) is 6.61 Å². The van der Waals surface area contributed by atoms with Crippen LogP contribution in [0.4, 0.5) is 11.4 Å². The second-order valence-electron chi connectivity index (χ2n) is 4.85. The first-order valence-electron chi connectivity index (χ1n) is 6.69. The van der Waals surface area contributed by atoms with Crippen LogP contribution in [0.15, 0.2) is 48.5 Å². The van der Waals surface area contributed by atoms with Crippen LogP contribution in [0.5, 0.6) is 0 Å². The summed E-state index contributed by atoms with van der Waals surface area (Å²) in [6.07, 6.45) is 0. The number of rotatable bonds is 6. The van der Waals surface area contributed by atoms with Gasteiger partial charge in [-0.1, -0.05) is 24.3 Å². The highest BCUT2D eigenvalue weighted by molar-refractivity contribution is 5.48. The lowest BCUT2D eigenvalue weighted by atomic mass is 10.1. The molecule has 5 nitrogen and oxygen atoms in total. The molecule has 0 aromatic heterocycles. The molecule has 1 atom stereocenters. The fourth-order valence-corrected chi connectivity index (χ4v) is 2.16. The highest BCUT2D eigenvalue weighted by Gasteiger charge is 2.11. The number of nitro groups is 1. The van der Waals surface area contributed by atoms with Crippen LogP contribution in [-0.2, 0) is 11.3 Å². The molecule has 5 heteroatoms. The molecule has 110 valence electrons. The lowest BCUT2D eigenvalue weighted by molar-refractivity contribution is -0.384. The molecule has 0 bridgehead atoms. The first-order valence-corrected chi connectivity index (χ1v) is 6.69. The maximum absolute atomic E-state index is 10.8. The van der Waals surface area contributed by atoms with E-state index in [2.05, 4.69) is 5.32 Å². The molecule has 2 rings (SSSR count). The summed E-state index contributed by atoms with van der Waals surface area (Å²) in [5, 5.41) is 14.2. The zero-order chi connectivity index (χ0) is 15.2. The SMILES string of the molecule is COCc1cccc(NC(C)c2cccc([N+](=O)[O-])c2)c1. The van der Waals surface area contributed by atoms with Crippen molar-refractivity contribution in [2.75, 3.05) is 12.4 Å². The fourth-order valence-electron chi connectivity index (χ4n) is 2.16. The molecule has 0 aliphatic rings. The zero-order valence-corrected chi connectivity index (χ0v) is 12.1. The largest absolute Gasteiger partial charge is 0.380 e. The standard InChI is InChI=1S/C16H18N2O3/c1-12(14-6-4-8-16(10-14)18(19)20)17-15-7-3-5-13(9-15)11-21-2/h3-10,12,17H,11H2,1-2H3. The number of anilines is 1. The van der Waals surface area contributed by atoms with Crippen molar-refractivity contribution in [2.24, 2.45) is 0 Å². The number of ether oxygens (including phenoxy) is 1. The van der Waals surface area contributed by atoms with Crippen molar-refractivity contribution < 1.29 is 9.66 Å². The number of hydrogen-bond donors (Lipinski definition) is 1. The van der Waals surface area contributed by atoms with E-state index in [4.69, 9.17) is 4.74 Å². The van der Waals surface area contributed by atoms with E-state index in [-0.39, 0.29) is 16.7 Å². The Morgan fingerprint density at radius 3 is 2.71 bits per heavy atom. The zero-order valence-electron chi connectivity index (χ0n) is 12.1. The molecular formula is C16H18N2O3. The van der Waals surface area contributed by atoms with Crippen molar-refractivity contribution in [1.29, 1.82) is 0 Å². The molecule has 0 aliphatic heterocycles. The smallest absolute Gasteiger partial charge is 0.269 e. The van der Waals surface area contributed by atoms with Gasteiger partial charge in [0.1, 0.15) is 0 Å². The number of benzene rings is 2. The van der Waals surface area contributed by atoms with Gasteiger partial charge in [0.25, 0.3) is 5.69 Å². The molecule has 21 heavy (non-hydrogen) atoms. The van der Waals surface area contributed by atoms with Gasteiger partial charge in [-0.15, -0.1) is 0 Å². The van der Waals surface area contributed by atoms with E-state index in [1.54, 1.807) is 19.2 Å². The van der Waals surface area contributed by atoms with Crippen LogP contribution in [0.3, 0.4) is 0 Å². The first kappa shape index (κ1) is 15.0. The van der Waals surface area contributed by atoms with Crippen LogP contribution in [-0.4, -0.2) is 12.0 Å². The van der Waals surface area contributed by atoms with Crippen LogP contribution in [0, 0.1) is 10.1 Å². The van der Waals surface area contributed by atoms with Crippen molar-refractivity contribution in [3.63, 3.8) is 0 Å². The normalized spacial score (nSPS) is 11.9. The molecule has 1 unspecified atom stereocenters. The molecule has 0 saturated heterocycles. The summed E-state index contributed by atoms with van der Waals surface area (Å²) in [7, 11) is 1.66. The topological polar surface area (TPSA) is 64.4 Å². The summed E-state index contributed by atoms with van der Waals surface area (Å²) in [5.41, 5.74) is 3.02. The van der Waals surface area contributed by atoms with Crippen LogP contribution in [0.25, 0.3) is 0 Å². The minimum absolute atomic E-state index is 0.0253. The Bertz CT molecular complexity index is 628. The van der Waals surface area contributed by atoms with E-state index >= 15 is 0 Å². The third-order valence-electron chi connectivity index (χ3n) is 3.20. The van der Waals surface area contributed by atoms with Crippen molar-refractivity contribution in [2.45, 2.75) is 19.6 Å². The fraction of sp³-hybridized carbons (Fsp3) is 0.250. The van der Waals surface area contributed by atoms with Gasteiger partial charge in [0.15, 0.2) is 0 Å². The molecule has 0 spiro atoms. The van der Waals surface area contributed by atoms with Crippen molar-refractivity contribution in [1.82, 2.24) is 0 Å². The van der Waals surface area contributed by atoms with Crippen molar-refractivity contribution in [3.8, 4) is 0 Å². The molecule has 0 heterocycles. The minimum atomic E-state index is -0.380. The number of non-ortho nitro benzene ring substituents is 1. The highest BCUT2D eigenvalue weighted by Crippen LogP contribution is 2.23. The number of methoxy groups -OCH3 is 1. The van der Waals surface area contributed by atoms with E-state index in [0.717, 1.165) is 16.8 Å². The lowest BCUT2D eigenvalue weighted by Crippen LogP contribution is -2.07. The van der Waals surface area contributed by atoms with Crippen LogP contribution < -0.4 is 5.32 Å². The average Bonchev–Trinajstić information content (AvgIpc) is 2.48. The quantitative estimate of drug-likeness (QED) is 0.646. The third kappa shape index (κ3) is 4.03. The molecule has 2 aromatic rings. The maximum atomic E-state index is 10.8. The van der Waals surface area contributed by atoms with E-state index in [1.807, 2.05) is 37.3 Å². The molecule has 0 radical (unpaired) electrons. The summed E-state index contributed by atoms with van der Waals surface area (Å²) in [5.74, 6) is 0. The Balaban J connectivity index is 2.13. The average molecular weight is 286 g/mol. The summed E-state index contributed by atoms with van der Waals surface area (Å²) < 4.78 is 5.11. The van der Waals surface area contributed by atoms with Gasteiger partial charge in [0, 0.05) is 31.0 Å². The second kappa shape index (κ2) is 6.85. The maximum Gasteiger partial charge on any atom is 0.269 e. The summed E-state index contributed by atoms with van der Waals surface area (Å²) in [6.45, 7) is 2.53. The monoisotopic (exact) mass is 286 g/mol.